The van der Waals surface area contributed by atoms with Gasteiger partial charge in [-0.2, -0.15) is 5.26 Å². The van der Waals surface area contributed by atoms with E-state index < -0.39 is 29.7 Å². The smallest absolute Gasteiger partial charge is 0.262 e. The number of imide groups is 2. The lowest BCUT2D eigenvalue weighted by atomic mass is 9.76. The third-order valence-electron chi connectivity index (χ3n) is 13.8. The van der Waals surface area contributed by atoms with Gasteiger partial charge in [0.2, 0.25) is 11.8 Å². The zero-order valence-corrected chi connectivity index (χ0v) is 34.1. The van der Waals surface area contributed by atoms with Crippen molar-refractivity contribution in [2.45, 2.75) is 70.0 Å². The Morgan fingerprint density at radius 3 is 2.12 bits per heavy atom. The highest BCUT2D eigenvalue weighted by molar-refractivity contribution is 6.32. The first kappa shape index (κ1) is 39.0. The van der Waals surface area contributed by atoms with Crippen molar-refractivity contribution >= 4 is 58.2 Å². The normalized spacial score (nSPS) is 23.8. The van der Waals surface area contributed by atoms with Crippen LogP contribution in [0.4, 0.5) is 17.1 Å². The number of carbonyl (C=O) groups excluding carboxylic acids is 5. The number of nitriles is 1. The van der Waals surface area contributed by atoms with Gasteiger partial charge >= 0.3 is 0 Å². The van der Waals surface area contributed by atoms with E-state index in [0.717, 1.165) is 105 Å². The second kappa shape index (κ2) is 15.6. The summed E-state index contributed by atoms with van der Waals surface area (Å²) in [6.07, 6.45) is 5.39. The Morgan fingerprint density at radius 1 is 0.780 bits per heavy atom. The Kier molecular flexibility index (Phi) is 10.3. The van der Waals surface area contributed by atoms with E-state index in [1.165, 1.54) is 0 Å². The Balaban J connectivity index is 0.736. The maximum Gasteiger partial charge on any atom is 0.262 e. The summed E-state index contributed by atoms with van der Waals surface area (Å²) in [4.78, 5) is 76.8. The molecular weight excluding hydrogens is 768 g/mol. The van der Waals surface area contributed by atoms with Crippen LogP contribution in [0.1, 0.15) is 88.5 Å². The third kappa shape index (κ3) is 7.31. The van der Waals surface area contributed by atoms with Gasteiger partial charge < -0.3 is 19.6 Å². The average molecular weight is 817 g/mol. The van der Waals surface area contributed by atoms with Crippen molar-refractivity contribution in [1.29, 1.82) is 5.26 Å². The number of halogens is 1. The molecule has 6 aliphatic heterocycles. The molecule has 306 valence electrons. The van der Waals surface area contributed by atoms with Crippen LogP contribution in [0.3, 0.4) is 0 Å². The van der Waals surface area contributed by atoms with Crippen LogP contribution in [-0.2, 0) is 9.59 Å². The van der Waals surface area contributed by atoms with Gasteiger partial charge in [-0.1, -0.05) is 11.6 Å². The number of likely N-dealkylation sites (tertiary alicyclic amines) is 1. The van der Waals surface area contributed by atoms with Gasteiger partial charge in [-0.05, 0) is 112 Å². The van der Waals surface area contributed by atoms with E-state index in [1.54, 1.807) is 12.1 Å². The molecule has 1 unspecified atom stereocenters. The number of fused-ring (bicyclic) bond motifs is 1. The molecule has 0 radical (unpaired) electrons. The van der Waals surface area contributed by atoms with E-state index in [0.29, 0.717) is 41.3 Å². The summed E-state index contributed by atoms with van der Waals surface area (Å²) in [7, 11) is 0. The highest BCUT2D eigenvalue weighted by Crippen LogP contribution is 2.46. The molecule has 0 aliphatic carbocycles. The molecule has 1 spiro atoms. The van der Waals surface area contributed by atoms with Crippen LogP contribution in [0.15, 0.2) is 60.7 Å². The van der Waals surface area contributed by atoms with Crippen LogP contribution in [0, 0.1) is 16.7 Å². The summed E-state index contributed by atoms with van der Waals surface area (Å²) in [6.45, 7) is 9.90. The maximum absolute atomic E-state index is 13.6. The first-order valence-corrected chi connectivity index (χ1v) is 21.3. The zero-order chi connectivity index (χ0) is 41.0. The molecule has 0 saturated carbocycles. The molecule has 2 atom stereocenters. The van der Waals surface area contributed by atoms with Crippen molar-refractivity contribution in [1.82, 2.24) is 20.0 Å². The first-order chi connectivity index (χ1) is 28.5. The number of anilines is 3. The Morgan fingerprint density at radius 2 is 1.44 bits per heavy atom. The van der Waals surface area contributed by atoms with Crippen molar-refractivity contribution in [3.05, 3.63) is 87.9 Å². The van der Waals surface area contributed by atoms with Gasteiger partial charge in [0.05, 0.1) is 21.7 Å². The monoisotopic (exact) mass is 816 g/mol. The number of nitrogens with one attached hydrogen (secondary N) is 1. The molecule has 3 aromatic rings. The summed E-state index contributed by atoms with van der Waals surface area (Å²) in [5.74, 6) is -1.91. The Hall–Kier alpha value is -5.45. The molecule has 6 heterocycles. The van der Waals surface area contributed by atoms with E-state index >= 15 is 0 Å². The fourth-order valence-corrected chi connectivity index (χ4v) is 10.7. The van der Waals surface area contributed by atoms with Gasteiger partial charge in [-0.25, -0.2) is 0 Å². The topological polar surface area (TPSA) is 141 Å². The average Bonchev–Trinajstić information content (AvgIpc) is 3.71. The van der Waals surface area contributed by atoms with E-state index in [9.17, 15) is 29.2 Å². The molecule has 6 aliphatic rings. The largest absolute Gasteiger partial charge is 0.371 e. The Bertz CT molecular complexity index is 2230. The van der Waals surface area contributed by atoms with Crippen molar-refractivity contribution in [3.63, 3.8) is 0 Å². The van der Waals surface area contributed by atoms with Crippen LogP contribution < -0.4 is 20.0 Å². The van der Waals surface area contributed by atoms with Crippen LogP contribution in [0.2, 0.25) is 5.02 Å². The number of rotatable bonds is 6. The SMILES string of the molecule is C[C@H]1CC2(CCN(c3ccc(C(=O)N4CCC(N5CCN(c6ccc7c(c6)C(=O)N(C6CCC(=O)NC6=O)C7=O)CC5)CC4)cc3)CC2)CN1c1ccc(C#N)c(Cl)c1. The van der Waals surface area contributed by atoms with Crippen molar-refractivity contribution < 1.29 is 24.0 Å². The van der Waals surface area contributed by atoms with E-state index in [4.69, 9.17) is 11.6 Å². The van der Waals surface area contributed by atoms with E-state index in [2.05, 4.69) is 50.0 Å². The fraction of sp³-hybridized carbons (Fsp3) is 0.467. The van der Waals surface area contributed by atoms with Gasteiger partial charge in [0.15, 0.2) is 0 Å². The summed E-state index contributed by atoms with van der Waals surface area (Å²) in [5, 5.41) is 12.0. The molecule has 5 amide bonds. The Labute approximate surface area is 349 Å². The lowest BCUT2D eigenvalue weighted by molar-refractivity contribution is -0.136. The van der Waals surface area contributed by atoms with Crippen molar-refractivity contribution in [2.24, 2.45) is 5.41 Å². The number of amides is 5. The van der Waals surface area contributed by atoms with E-state index in [1.807, 2.05) is 41.3 Å². The highest BCUT2D eigenvalue weighted by Gasteiger charge is 2.46. The lowest BCUT2D eigenvalue weighted by Gasteiger charge is -2.43. The number of benzene rings is 3. The molecule has 0 bridgehead atoms. The minimum absolute atomic E-state index is 0.0844. The van der Waals surface area contributed by atoms with Crippen molar-refractivity contribution in [2.75, 3.05) is 73.6 Å². The van der Waals surface area contributed by atoms with Gasteiger partial charge in [-0.15, -0.1) is 0 Å². The minimum atomic E-state index is -0.980. The van der Waals surface area contributed by atoms with Gasteiger partial charge in [0.1, 0.15) is 12.1 Å². The molecule has 59 heavy (non-hydrogen) atoms. The van der Waals surface area contributed by atoms with Crippen molar-refractivity contribution in [3.8, 4) is 6.07 Å². The molecule has 3 aromatic carbocycles. The zero-order valence-electron chi connectivity index (χ0n) is 33.4. The van der Waals surface area contributed by atoms with Crippen LogP contribution >= 0.6 is 11.6 Å². The molecule has 1 N–H and O–H groups in total. The van der Waals surface area contributed by atoms with Gasteiger partial charge in [-0.3, -0.25) is 39.1 Å². The highest BCUT2D eigenvalue weighted by atomic mass is 35.5. The molecule has 0 aromatic heterocycles. The van der Waals surface area contributed by atoms with Crippen LogP contribution in [-0.4, -0.2) is 121 Å². The van der Waals surface area contributed by atoms with Gasteiger partial charge in [0, 0.05) is 100 Å². The molecule has 5 fully saturated rings. The lowest BCUT2D eigenvalue weighted by Crippen LogP contribution is -2.54. The first-order valence-electron chi connectivity index (χ1n) is 21.0. The predicted octanol–water partition coefficient (Wildman–Crippen LogP) is 4.93. The number of piperazine rings is 1. The number of nitrogens with zero attached hydrogens (tertiary/aromatic N) is 7. The summed E-state index contributed by atoms with van der Waals surface area (Å²) in [6, 6.07) is 21.2. The second-order valence-electron chi connectivity index (χ2n) is 17.2. The summed E-state index contributed by atoms with van der Waals surface area (Å²) < 4.78 is 0. The number of carbonyl (C=O) groups is 5. The quantitative estimate of drug-likeness (QED) is 0.341. The van der Waals surface area contributed by atoms with Gasteiger partial charge in [0.25, 0.3) is 17.7 Å². The molecule has 5 saturated heterocycles. The van der Waals surface area contributed by atoms with Crippen LogP contribution in [0.5, 0.6) is 0 Å². The summed E-state index contributed by atoms with van der Waals surface area (Å²) >= 11 is 6.38. The minimum Gasteiger partial charge on any atom is -0.371 e. The van der Waals surface area contributed by atoms with Crippen LogP contribution in [0.25, 0.3) is 0 Å². The molecule has 13 nitrogen and oxygen atoms in total. The number of hydrogen-bond acceptors (Lipinski definition) is 10. The molecule has 9 rings (SSSR count). The third-order valence-corrected chi connectivity index (χ3v) is 14.2. The number of piperidine rings is 3. The fourth-order valence-electron chi connectivity index (χ4n) is 10.5. The summed E-state index contributed by atoms with van der Waals surface area (Å²) in [5.41, 5.74) is 5.18. The second-order valence-corrected chi connectivity index (χ2v) is 17.6. The maximum atomic E-state index is 13.6. The molecule has 14 heteroatoms. The standard InChI is InChI=1S/C45H49ClN8O5/c1-29-26-45(28-53(29)35-7-4-31(27-47)38(46)25-35)14-18-49(19-15-45)32-5-2-30(3-6-32)42(57)52-16-12-33(13-17-52)50-20-22-51(23-21-50)34-8-9-36-37(24-34)44(59)54(43(36)58)39-10-11-40(55)48-41(39)56/h2-9,24-25,29,33,39H,10-23,26,28H2,1H3,(H,48,55,56)/t29-,39?/m0/s1. The van der Waals surface area contributed by atoms with E-state index in [-0.39, 0.29) is 29.7 Å². The predicted molar refractivity (Wildman–Crippen MR) is 224 cm³/mol. The molecular formula is C45H49ClN8O5. The number of hydrogen-bond donors (Lipinski definition) is 1.